The molecule has 9 aromatic carbocycles. The summed E-state index contributed by atoms with van der Waals surface area (Å²) in [5.41, 5.74) is 21.1. The number of hydrogen-bond acceptors (Lipinski definition) is 1. The van der Waals surface area contributed by atoms with Gasteiger partial charge in [0.25, 0.3) is 0 Å². The molecule has 0 N–H and O–H groups in total. The molecule has 0 bridgehead atoms. The van der Waals surface area contributed by atoms with Crippen molar-refractivity contribution in [2.24, 2.45) is 0 Å². The molecule has 0 atom stereocenters. The Morgan fingerprint density at radius 1 is 0.305 bits per heavy atom. The van der Waals surface area contributed by atoms with Gasteiger partial charge in [-0.2, -0.15) is 0 Å². The standard InChI is InChI=1S/C58H45N/c1-57(2)50-27-15-13-24-45(50)47-32-30-42(35-52(47)57)49-34-40-22-11-12-23-41(40)36-55(49)59(43-31-33-48-46-25-14-16-28-51(46)58(3,4)53(48)37-43)54-29-17-26-44(38-18-7-5-8-19-38)56(54)39-20-9-6-10-21-39/h5-37H,1-4H3. The topological polar surface area (TPSA) is 3.24 Å². The van der Waals surface area contributed by atoms with Crippen LogP contribution in [0.1, 0.15) is 49.9 Å². The lowest BCUT2D eigenvalue weighted by Crippen LogP contribution is -2.17. The number of rotatable bonds is 6. The molecule has 0 amide bonds. The molecule has 1 nitrogen and oxygen atoms in total. The maximum atomic E-state index is 2.56. The van der Waals surface area contributed by atoms with Crippen molar-refractivity contribution in [2.75, 3.05) is 4.90 Å². The summed E-state index contributed by atoms with van der Waals surface area (Å²) < 4.78 is 0. The summed E-state index contributed by atoms with van der Waals surface area (Å²) in [4.78, 5) is 2.56. The molecule has 0 aromatic heterocycles. The van der Waals surface area contributed by atoms with Crippen LogP contribution in [0, 0.1) is 0 Å². The summed E-state index contributed by atoms with van der Waals surface area (Å²) in [7, 11) is 0. The summed E-state index contributed by atoms with van der Waals surface area (Å²) in [6.07, 6.45) is 0. The maximum Gasteiger partial charge on any atom is 0.0546 e. The minimum atomic E-state index is -0.158. The van der Waals surface area contributed by atoms with Crippen LogP contribution in [0.5, 0.6) is 0 Å². The average Bonchev–Trinajstić information content (AvgIpc) is 3.65. The van der Waals surface area contributed by atoms with Gasteiger partial charge in [-0.25, -0.2) is 0 Å². The molecule has 2 aliphatic rings. The highest BCUT2D eigenvalue weighted by Crippen LogP contribution is 2.55. The Kier molecular flexibility index (Phi) is 7.94. The molecule has 11 rings (SSSR count). The van der Waals surface area contributed by atoms with E-state index in [1.165, 1.54) is 88.7 Å². The van der Waals surface area contributed by atoms with Gasteiger partial charge >= 0.3 is 0 Å². The molecule has 282 valence electrons. The van der Waals surface area contributed by atoms with Crippen molar-refractivity contribution in [2.45, 2.75) is 38.5 Å². The molecule has 0 aliphatic heterocycles. The first-order chi connectivity index (χ1) is 28.8. The molecular weight excluding hydrogens is 711 g/mol. The van der Waals surface area contributed by atoms with E-state index in [0.29, 0.717) is 0 Å². The number of fused-ring (bicyclic) bond motifs is 7. The Morgan fingerprint density at radius 2 is 0.814 bits per heavy atom. The van der Waals surface area contributed by atoms with Crippen LogP contribution in [-0.2, 0) is 10.8 Å². The SMILES string of the molecule is CC1(C)c2ccccc2-c2ccc(-c3cc4ccccc4cc3N(c3ccc4c(c3)C(C)(C)c3ccccc3-4)c3cccc(-c4ccccc4)c3-c3ccccc3)cc21. The zero-order valence-corrected chi connectivity index (χ0v) is 34.0. The maximum absolute atomic E-state index is 2.56. The molecule has 0 fully saturated rings. The number of benzene rings is 9. The number of hydrogen-bond donors (Lipinski definition) is 0. The van der Waals surface area contributed by atoms with Crippen LogP contribution in [0.3, 0.4) is 0 Å². The van der Waals surface area contributed by atoms with Crippen molar-refractivity contribution >= 4 is 27.8 Å². The van der Waals surface area contributed by atoms with Gasteiger partial charge in [-0.3, -0.25) is 0 Å². The van der Waals surface area contributed by atoms with Gasteiger partial charge < -0.3 is 4.90 Å². The molecule has 0 unspecified atom stereocenters. The molecule has 9 aromatic rings. The minimum absolute atomic E-state index is 0.121. The largest absolute Gasteiger partial charge is 0.309 e. The van der Waals surface area contributed by atoms with Crippen molar-refractivity contribution in [1.29, 1.82) is 0 Å². The summed E-state index contributed by atoms with van der Waals surface area (Å²) in [5, 5.41) is 2.43. The van der Waals surface area contributed by atoms with E-state index in [0.717, 1.165) is 17.1 Å². The average molecular weight is 756 g/mol. The second-order valence-electron chi connectivity index (χ2n) is 17.3. The third-order valence-corrected chi connectivity index (χ3v) is 13.3. The van der Waals surface area contributed by atoms with Gasteiger partial charge in [-0.15, -0.1) is 0 Å². The lowest BCUT2D eigenvalue weighted by Gasteiger charge is -2.32. The Labute approximate surface area is 347 Å². The Balaban J connectivity index is 1.23. The first kappa shape index (κ1) is 35.2. The van der Waals surface area contributed by atoms with E-state index in [4.69, 9.17) is 0 Å². The highest BCUT2D eigenvalue weighted by atomic mass is 15.1. The molecule has 2 aliphatic carbocycles. The zero-order chi connectivity index (χ0) is 39.9. The van der Waals surface area contributed by atoms with E-state index in [-0.39, 0.29) is 10.8 Å². The van der Waals surface area contributed by atoms with Crippen LogP contribution in [0.15, 0.2) is 200 Å². The van der Waals surface area contributed by atoms with Crippen LogP contribution in [0.2, 0.25) is 0 Å². The van der Waals surface area contributed by atoms with Gasteiger partial charge in [0, 0.05) is 27.6 Å². The van der Waals surface area contributed by atoms with Crippen molar-refractivity contribution < 1.29 is 0 Å². The van der Waals surface area contributed by atoms with Gasteiger partial charge in [0.15, 0.2) is 0 Å². The van der Waals surface area contributed by atoms with Crippen LogP contribution in [0.4, 0.5) is 17.1 Å². The minimum Gasteiger partial charge on any atom is -0.309 e. The molecular formula is C58H45N. The van der Waals surface area contributed by atoms with E-state index < -0.39 is 0 Å². The number of anilines is 3. The van der Waals surface area contributed by atoms with Crippen molar-refractivity contribution in [3.8, 4) is 55.6 Å². The van der Waals surface area contributed by atoms with E-state index in [2.05, 4.69) is 233 Å². The number of nitrogens with zero attached hydrogens (tertiary/aromatic N) is 1. The van der Waals surface area contributed by atoms with E-state index in [9.17, 15) is 0 Å². The van der Waals surface area contributed by atoms with E-state index >= 15 is 0 Å². The van der Waals surface area contributed by atoms with Crippen LogP contribution < -0.4 is 4.90 Å². The molecule has 59 heavy (non-hydrogen) atoms. The fourth-order valence-corrected chi connectivity index (χ4v) is 10.2. The van der Waals surface area contributed by atoms with Gasteiger partial charge in [0.05, 0.1) is 11.4 Å². The fraction of sp³-hybridized carbons (Fsp3) is 0.103. The summed E-state index contributed by atoms with van der Waals surface area (Å²) >= 11 is 0. The molecule has 1 heteroatoms. The van der Waals surface area contributed by atoms with Crippen LogP contribution >= 0.6 is 0 Å². The second kappa shape index (κ2) is 13.3. The molecule has 0 saturated heterocycles. The smallest absolute Gasteiger partial charge is 0.0546 e. The van der Waals surface area contributed by atoms with Crippen molar-refractivity contribution in [3.63, 3.8) is 0 Å². The predicted octanol–water partition coefficient (Wildman–Crippen LogP) is 15.9. The fourth-order valence-electron chi connectivity index (χ4n) is 10.2. The Bertz CT molecular complexity index is 3100. The first-order valence-corrected chi connectivity index (χ1v) is 20.8. The van der Waals surface area contributed by atoms with Crippen LogP contribution in [0.25, 0.3) is 66.4 Å². The quantitative estimate of drug-likeness (QED) is 0.163. The normalized spacial score (nSPS) is 14.0. The Hall–Kier alpha value is -6.96. The van der Waals surface area contributed by atoms with Crippen molar-refractivity contribution in [1.82, 2.24) is 0 Å². The van der Waals surface area contributed by atoms with Crippen LogP contribution in [-0.4, -0.2) is 0 Å². The summed E-state index contributed by atoms with van der Waals surface area (Å²) in [6.45, 7) is 9.51. The Morgan fingerprint density at radius 3 is 1.47 bits per heavy atom. The molecule has 0 heterocycles. The van der Waals surface area contributed by atoms with Crippen molar-refractivity contribution in [3.05, 3.63) is 222 Å². The zero-order valence-electron chi connectivity index (χ0n) is 34.0. The second-order valence-corrected chi connectivity index (χ2v) is 17.3. The molecule has 0 radical (unpaired) electrons. The summed E-state index contributed by atoms with van der Waals surface area (Å²) in [6, 6.07) is 74.5. The monoisotopic (exact) mass is 755 g/mol. The lowest BCUT2D eigenvalue weighted by atomic mass is 9.81. The van der Waals surface area contributed by atoms with Gasteiger partial charge in [0.2, 0.25) is 0 Å². The third-order valence-electron chi connectivity index (χ3n) is 13.3. The van der Waals surface area contributed by atoms with Gasteiger partial charge in [-0.1, -0.05) is 191 Å². The first-order valence-electron chi connectivity index (χ1n) is 20.8. The highest BCUT2D eigenvalue weighted by Gasteiger charge is 2.37. The van der Waals surface area contributed by atoms with E-state index in [1.807, 2.05) is 0 Å². The molecule has 0 saturated carbocycles. The van der Waals surface area contributed by atoms with E-state index in [1.54, 1.807) is 0 Å². The third kappa shape index (κ3) is 5.45. The molecule has 0 spiro atoms. The predicted molar refractivity (Wildman–Crippen MR) is 250 cm³/mol. The summed E-state index contributed by atoms with van der Waals surface area (Å²) in [5.74, 6) is 0. The highest BCUT2D eigenvalue weighted by molar-refractivity contribution is 6.03. The van der Waals surface area contributed by atoms with Gasteiger partial charge in [0.1, 0.15) is 0 Å². The van der Waals surface area contributed by atoms with Gasteiger partial charge in [-0.05, 0) is 114 Å². The lowest BCUT2D eigenvalue weighted by molar-refractivity contribution is 0.660.